The average Bonchev–Trinajstić information content (AvgIpc) is 2.44. The van der Waals surface area contributed by atoms with Crippen molar-refractivity contribution in [3.63, 3.8) is 0 Å². The molecule has 0 aliphatic carbocycles. The van der Waals surface area contributed by atoms with Crippen molar-refractivity contribution in [1.82, 2.24) is 10.2 Å². The van der Waals surface area contributed by atoms with Gasteiger partial charge in [-0.2, -0.15) is 0 Å². The van der Waals surface area contributed by atoms with Crippen LogP contribution >= 0.6 is 0 Å². The third-order valence-corrected chi connectivity index (χ3v) is 2.86. The normalized spacial score (nSPS) is 13.9. The molecule has 7 heteroatoms. The molecule has 1 heterocycles. The first kappa shape index (κ1) is 14.2. The van der Waals surface area contributed by atoms with E-state index in [0.29, 0.717) is 10.9 Å². The van der Waals surface area contributed by atoms with E-state index in [0.717, 1.165) is 0 Å². The van der Waals surface area contributed by atoms with Gasteiger partial charge in [-0.15, -0.1) is 10.2 Å². The first-order chi connectivity index (χ1) is 9.44. The minimum atomic E-state index is -1.36. The second-order valence-corrected chi connectivity index (χ2v) is 4.75. The van der Waals surface area contributed by atoms with Gasteiger partial charge in [0.1, 0.15) is 5.60 Å². The lowest BCUT2D eigenvalue weighted by Gasteiger charge is -2.22. The summed E-state index contributed by atoms with van der Waals surface area (Å²) in [5, 5.41) is 38.9. The van der Waals surface area contributed by atoms with E-state index in [2.05, 4.69) is 15.5 Å². The van der Waals surface area contributed by atoms with Gasteiger partial charge in [0.05, 0.1) is 17.8 Å². The first-order valence-electron chi connectivity index (χ1n) is 6.00. The molecular weight excluding hydrogens is 262 g/mol. The molecule has 0 saturated heterocycles. The average molecular weight is 277 g/mol. The number of fused-ring (bicyclic) bond motifs is 1. The topological polar surface area (TPSA) is 116 Å². The molecular formula is C13H15N3O4. The van der Waals surface area contributed by atoms with Crippen molar-refractivity contribution >= 4 is 22.6 Å². The van der Waals surface area contributed by atoms with Crippen molar-refractivity contribution in [3.8, 4) is 0 Å². The lowest BCUT2D eigenvalue weighted by Crippen LogP contribution is -2.37. The number of carbonyl (C=O) groups is 1. The molecule has 2 aromatic rings. The molecule has 0 radical (unpaired) electrons. The maximum Gasteiger partial charge on any atom is 0.358 e. The van der Waals surface area contributed by atoms with Crippen LogP contribution in [-0.2, 0) is 0 Å². The zero-order chi connectivity index (χ0) is 14.8. The standard InChI is InChI=1S/C13H15N3O4/c1-13(20,7-17)6-14-10-8-4-2-3-5-9(8)15-16-11(10)12(18)19/h2-5,17,20H,6-7H2,1H3,(H,14,15)(H,18,19). The Morgan fingerprint density at radius 1 is 1.35 bits per heavy atom. The largest absolute Gasteiger partial charge is 0.476 e. The van der Waals surface area contributed by atoms with Gasteiger partial charge in [0.25, 0.3) is 0 Å². The number of aliphatic hydroxyl groups excluding tert-OH is 1. The smallest absolute Gasteiger partial charge is 0.358 e. The van der Waals surface area contributed by atoms with Crippen LogP contribution < -0.4 is 5.32 Å². The number of hydrogen-bond acceptors (Lipinski definition) is 6. The third-order valence-electron chi connectivity index (χ3n) is 2.86. The predicted octanol–water partition coefficient (Wildman–Crippen LogP) is 0.483. The van der Waals surface area contributed by atoms with Crippen LogP contribution in [0.25, 0.3) is 10.9 Å². The van der Waals surface area contributed by atoms with Crippen molar-refractivity contribution in [3.05, 3.63) is 30.0 Å². The van der Waals surface area contributed by atoms with E-state index in [1.54, 1.807) is 24.3 Å². The number of aliphatic hydroxyl groups is 2. The molecule has 0 aliphatic rings. The lowest BCUT2D eigenvalue weighted by molar-refractivity contribution is 0.0132. The highest BCUT2D eigenvalue weighted by molar-refractivity contribution is 6.02. The second-order valence-electron chi connectivity index (χ2n) is 4.75. The number of hydrogen-bond donors (Lipinski definition) is 4. The third kappa shape index (κ3) is 2.84. The Morgan fingerprint density at radius 2 is 2.05 bits per heavy atom. The molecule has 2 rings (SSSR count). The van der Waals surface area contributed by atoms with E-state index in [1.165, 1.54) is 6.92 Å². The number of aromatic nitrogens is 2. The number of nitrogens with zero attached hydrogens (tertiary/aromatic N) is 2. The van der Waals surface area contributed by atoms with Crippen LogP contribution in [0.15, 0.2) is 24.3 Å². The first-order valence-corrected chi connectivity index (χ1v) is 6.00. The zero-order valence-corrected chi connectivity index (χ0v) is 10.9. The Labute approximate surface area is 114 Å². The van der Waals surface area contributed by atoms with Gasteiger partial charge in [-0.3, -0.25) is 0 Å². The van der Waals surface area contributed by atoms with Crippen LogP contribution in [0.2, 0.25) is 0 Å². The van der Waals surface area contributed by atoms with Gasteiger partial charge in [-0.25, -0.2) is 4.79 Å². The van der Waals surface area contributed by atoms with E-state index in [-0.39, 0.29) is 17.9 Å². The number of nitrogens with one attached hydrogen (secondary N) is 1. The number of rotatable bonds is 5. The molecule has 0 spiro atoms. The summed E-state index contributed by atoms with van der Waals surface area (Å²) in [6.45, 7) is 0.982. The molecule has 1 aromatic carbocycles. The van der Waals surface area contributed by atoms with Crippen LogP contribution in [-0.4, -0.2) is 50.2 Å². The quantitative estimate of drug-likeness (QED) is 0.628. The molecule has 4 N–H and O–H groups in total. The Bertz CT molecular complexity index is 643. The van der Waals surface area contributed by atoms with Crippen molar-refractivity contribution in [2.24, 2.45) is 0 Å². The maximum absolute atomic E-state index is 11.2. The maximum atomic E-state index is 11.2. The summed E-state index contributed by atoms with van der Waals surface area (Å²) in [7, 11) is 0. The van der Waals surface area contributed by atoms with Crippen molar-refractivity contribution in [2.45, 2.75) is 12.5 Å². The highest BCUT2D eigenvalue weighted by Gasteiger charge is 2.22. The monoisotopic (exact) mass is 277 g/mol. The number of benzene rings is 1. The van der Waals surface area contributed by atoms with E-state index >= 15 is 0 Å². The minimum absolute atomic E-state index is 0.0144. The summed E-state index contributed by atoms with van der Waals surface area (Å²) in [5.74, 6) is -1.21. The van der Waals surface area contributed by atoms with Gasteiger partial charge >= 0.3 is 5.97 Å². The molecule has 20 heavy (non-hydrogen) atoms. The SMILES string of the molecule is CC(O)(CO)CNc1c(C(=O)O)nnc2ccccc12. The van der Waals surface area contributed by atoms with E-state index in [1.807, 2.05) is 0 Å². The highest BCUT2D eigenvalue weighted by atomic mass is 16.4. The summed E-state index contributed by atoms with van der Waals surface area (Å²) in [5.41, 5.74) is -0.766. The Hall–Kier alpha value is -2.25. The van der Waals surface area contributed by atoms with Gasteiger partial charge in [0.2, 0.25) is 0 Å². The molecule has 0 bridgehead atoms. The number of carboxylic acid groups (broad SMARTS) is 1. The van der Waals surface area contributed by atoms with Gasteiger partial charge in [-0.1, -0.05) is 18.2 Å². The lowest BCUT2D eigenvalue weighted by atomic mass is 10.1. The summed E-state index contributed by atoms with van der Waals surface area (Å²) < 4.78 is 0. The van der Waals surface area contributed by atoms with E-state index in [4.69, 9.17) is 10.2 Å². The van der Waals surface area contributed by atoms with Crippen LogP contribution in [0, 0.1) is 0 Å². The molecule has 0 amide bonds. The number of aromatic carboxylic acids is 1. The Balaban J connectivity index is 2.47. The molecule has 1 aromatic heterocycles. The summed E-state index contributed by atoms with van der Waals surface area (Å²) in [6.07, 6.45) is 0. The number of carboxylic acids is 1. The van der Waals surface area contributed by atoms with E-state index < -0.39 is 18.2 Å². The summed E-state index contributed by atoms with van der Waals surface area (Å²) in [6, 6.07) is 6.95. The van der Waals surface area contributed by atoms with Crippen LogP contribution in [0.5, 0.6) is 0 Å². The van der Waals surface area contributed by atoms with Gasteiger partial charge in [0.15, 0.2) is 5.69 Å². The fourth-order valence-corrected chi connectivity index (χ4v) is 1.72. The summed E-state index contributed by atoms with van der Waals surface area (Å²) in [4.78, 5) is 11.2. The fourth-order valence-electron chi connectivity index (χ4n) is 1.72. The Morgan fingerprint density at radius 3 is 2.70 bits per heavy atom. The fraction of sp³-hybridized carbons (Fsp3) is 0.308. The van der Waals surface area contributed by atoms with Crippen molar-refractivity contribution < 1.29 is 20.1 Å². The van der Waals surface area contributed by atoms with Crippen LogP contribution in [0.1, 0.15) is 17.4 Å². The molecule has 0 fully saturated rings. The van der Waals surface area contributed by atoms with Gasteiger partial charge in [-0.05, 0) is 13.0 Å². The zero-order valence-electron chi connectivity index (χ0n) is 10.9. The highest BCUT2D eigenvalue weighted by Crippen LogP contribution is 2.24. The summed E-state index contributed by atoms with van der Waals surface area (Å²) >= 11 is 0. The van der Waals surface area contributed by atoms with Crippen LogP contribution in [0.3, 0.4) is 0 Å². The predicted molar refractivity (Wildman–Crippen MR) is 72.7 cm³/mol. The van der Waals surface area contributed by atoms with Crippen molar-refractivity contribution in [2.75, 3.05) is 18.5 Å². The van der Waals surface area contributed by atoms with E-state index in [9.17, 15) is 9.90 Å². The number of anilines is 1. The molecule has 0 saturated carbocycles. The molecule has 1 atom stereocenters. The van der Waals surface area contributed by atoms with Crippen LogP contribution in [0.4, 0.5) is 5.69 Å². The molecule has 1 unspecified atom stereocenters. The minimum Gasteiger partial charge on any atom is -0.476 e. The van der Waals surface area contributed by atoms with Gasteiger partial charge in [0, 0.05) is 11.9 Å². The molecule has 106 valence electrons. The van der Waals surface area contributed by atoms with Gasteiger partial charge < -0.3 is 20.6 Å². The molecule has 0 aliphatic heterocycles. The molecule has 7 nitrogen and oxygen atoms in total. The van der Waals surface area contributed by atoms with Crippen molar-refractivity contribution in [1.29, 1.82) is 0 Å². The Kier molecular flexibility index (Phi) is 3.82. The second kappa shape index (κ2) is 5.40.